The molecular weight excluding hydrogens is 450 g/mol. The summed E-state index contributed by atoms with van der Waals surface area (Å²) in [4.78, 5) is 0. The fourth-order valence-corrected chi connectivity index (χ4v) is 4.30. The van der Waals surface area contributed by atoms with Crippen molar-refractivity contribution in [3.63, 3.8) is 0 Å². The SMILES string of the molecule is C=CC1C=CC(C)=CC1.CC.CCCC(CC)C(C)c1ccc(C#N)c(O)c1.CCc1ccccc1C. The van der Waals surface area contributed by atoms with Gasteiger partial charge in [-0.2, -0.15) is 5.26 Å². The topological polar surface area (TPSA) is 44.0 Å². The van der Waals surface area contributed by atoms with Crippen molar-refractivity contribution in [2.24, 2.45) is 11.8 Å². The van der Waals surface area contributed by atoms with Crippen LogP contribution in [0.25, 0.3) is 0 Å². The van der Waals surface area contributed by atoms with E-state index >= 15 is 0 Å². The van der Waals surface area contributed by atoms with E-state index in [1.165, 1.54) is 29.5 Å². The monoisotopic (exact) mass is 501 g/mol. The number of benzene rings is 2. The smallest absolute Gasteiger partial charge is 0.133 e. The van der Waals surface area contributed by atoms with Gasteiger partial charge < -0.3 is 5.11 Å². The highest BCUT2D eigenvalue weighted by atomic mass is 16.3. The molecule has 2 aromatic carbocycles. The standard InChI is InChI=1S/C15H21NO.2C9H12.C2H6/c1-4-6-12(5-2)11(3)13-7-8-14(10-16)15(17)9-13;1-3-9-6-4-8(2)5-7-9;1-3-9-7-5-4-6-8(9)2;1-2/h7-9,11-12,17H,4-6H2,1-3H3;3-6,9H,1,7H2,2H3;4-7H,3H2,1-2H3;1-2H3. The van der Waals surface area contributed by atoms with Gasteiger partial charge in [0.25, 0.3) is 0 Å². The second kappa shape index (κ2) is 20.1. The number of phenols is 1. The van der Waals surface area contributed by atoms with Crippen LogP contribution in [0.1, 0.15) is 102 Å². The van der Waals surface area contributed by atoms with Gasteiger partial charge in [0, 0.05) is 0 Å². The third-order valence-corrected chi connectivity index (χ3v) is 6.82. The number of hydrogen-bond donors (Lipinski definition) is 1. The molecule has 0 bridgehead atoms. The van der Waals surface area contributed by atoms with Gasteiger partial charge in [0.2, 0.25) is 0 Å². The molecule has 0 spiro atoms. The van der Waals surface area contributed by atoms with E-state index in [1.807, 2.05) is 32.1 Å². The molecular formula is C35H51NO. The Bertz CT molecular complexity index is 1010. The molecule has 2 aromatic rings. The maximum Gasteiger partial charge on any atom is 0.133 e. The molecule has 0 fully saturated rings. The van der Waals surface area contributed by atoms with Crippen molar-refractivity contribution in [1.29, 1.82) is 5.26 Å². The number of aryl methyl sites for hydroxylation is 2. The number of allylic oxidation sites excluding steroid dienone is 5. The summed E-state index contributed by atoms with van der Waals surface area (Å²) >= 11 is 0. The second-order valence-electron chi connectivity index (χ2n) is 9.36. The quantitative estimate of drug-likeness (QED) is 0.383. The van der Waals surface area contributed by atoms with Crippen LogP contribution in [-0.4, -0.2) is 5.11 Å². The molecule has 3 unspecified atom stereocenters. The molecule has 3 rings (SSSR count). The molecule has 1 aliphatic rings. The molecule has 202 valence electrons. The molecule has 1 N–H and O–H groups in total. The molecule has 0 amide bonds. The highest BCUT2D eigenvalue weighted by Crippen LogP contribution is 2.32. The summed E-state index contributed by atoms with van der Waals surface area (Å²) in [6.07, 6.45) is 14.4. The molecule has 3 atom stereocenters. The summed E-state index contributed by atoms with van der Waals surface area (Å²) in [6.45, 7) is 20.8. The first-order chi connectivity index (χ1) is 17.8. The van der Waals surface area contributed by atoms with E-state index in [-0.39, 0.29) is 5.75 Å². The third-order valence-electron chi connectivity index (χ3n) is 6.82. The fourth-order valence-electron chi connectivity index (χ4n) is 4.30. The number of nitriles is 1. The molecule has 2 heteroatoms. The van der Waals surface area contributed by atoms with Crippen LogP contribution in [0.15, 0.2) is 78.9 Å². The average molecular weight is 502 g/mol. The van der Waals surface area contributed by atoms with Crippen molar-refractivity contribution in [2.75, 3.05) is 0 Å². The molecule has 37 heavy (non-hydrogen) atoms. The van der Waals surface area contributed by atoms with Gasteiger partial charge in [-0.05, 0) is 73.3 Å². The van der Waals surface area contributed by atoms with E-state index in [1.54, 1.807) is 12.1 Å². The van der Waals surface area contributed by atoms with Crippen LogP contribution >= 0.6 is 0 Å². The van der Waals surface area contributed by atoms with Gasteiger partial charge in [-0.25, -0.2) is 0 Å². The van der Waals surface area contributed by atoms with Gasteiger partial charge in [0.1, 0.15) is 11.8 Å². The zero-order valence-corrected chi connectivity index (χ0v) is 24.7. The van der Waals surface area contributed by atoms with Gasteiger partial charge in [-0.15, -0.1) is 6.58 Å². The predicted molar refractivity (Wildman–Crippen MR) is 163 cm³/mol. The van der Waals surface area contributed by atoms with Gasteiger partial charge in [-0.1, -0.05) is 121 Å². The van der Waals surface area contributed by atoms with Gasteiger partial charge >= 0.3 is 0 Å². The number of hydrogen-bond acceptors (Lipinski definition) is 2. The molecule has 0 radical (unpaired) electrons. The van der Waals surface area contributed by atoms with Crippen LogP contribution < -0.4 is 0 Å². The zero-order valence-electron chi connectivity index (χ0n) is 24.7. The Hall–Kier alpha value is -3.05. The summed E-state index contributed by atoms with van der Waals surface area (Å²) < 4.78 is 0. The van der Waals surface area contributed by atoms with Crippen LogP contribution in [0.3, 0.4) is 0 Å². The molecule has 0 saturated carbocycles. The van der Waals surface area contributed by atoms with Crippen LogP contribution in [0.5, 0.6) is 5.75 Å². The lowest BCUT2D eigenvalue weighted by atomic mass is 9.83. The van der Waals surface area contributed by atoms with Crippen LogP contribution in [0.4, 0.5) is 0 Å². The van der Waals surface area contributed by atoms with Gasteiger partial charge in [-0.3, -0.25) is 0 Å². The lowest BCUT2D eigenvalue weighted by molar-refractivity contribution is 0.396. The number of nitrogens with zero attached hydrogens (tertiary/aromatic N) is 1. The largest absolute Gasteiger partial charge is 0.507 e. The molecule has 0 saturated heterocycles. The Morgan fingerprint density at radius 1 is 1.11 bits per heavy atom. The van der Waals surface area contributed by atoms with Gasteiger partial charge in [0.05, 0.1) is 5.56 Å². The van der Waals surface area contributed by atoms with E-state index in [9.17, 15) is 5.11 Å². The lowest BCUT2D eigenvalue weighted by Gasteiger charge is -2.22. The van der Waals surface area contributed by atoms with E-state index in [0.29, 0.717) is 23.3 Å². The first-order valence-corrected chi connectivity index (χ1v) is 14.1. The van der Waals surface area contributed by atoms with Crippen molar-refractivity contribution >= 4 is 0 Å². The minimum Gasteiger partial charge on any atom is -0.507 e. The number of aromatic hydroxyl groups is 1. The van der Waals surface area contributed by atoms with E-state index in [0.717, 1.165) is 24.8 Å². The summed E-state index contributed by atoms with van der Waals surface area (Å²) in [6, 6.07) is 15.9. The lowest BCUT2D eigenvalue weighted by Crippen LogP contribution is -2.09. The fraction of sp³-hybridized carbons (Fsp3) is 0.457. The Labute approximate surface area is 228 Å². The van der Waals surface area contributed by atoms with Crippen molar-refractivity contribution in [3.05, 3.63) is 101 Å². The molecule has 0 aliphatic heterocycles. The maximum absolute atomic E-state index is 9.70. The van der Waals surface area contributed by atoms with Crippen LogP contribution in [-0.2, 0) is 6.42 Å². The van der Waals surface area contributed by atoms with E-state index in [4.69, 9.17) is 5.26 Å². The van der Waals surface area contributed by atoms with Crippen molar-refractivity contribution in [3.8, 4) is 11.8 Å². The van der Waals surface area contributed by atoms with Crippen molar-refractivity contribution in [1.82, 2.24) is 0 Å². The highest BCUT2D eigenvalue weighted by molar-refractivity contribution is 5.45. The minimum atomic E-state index is 0.100. The maximum atomic E-state index is 9.70. The minimum absolute atomic E-state index is 0.100. The van der Waals surface area contributed by atoms with E-state index in [2.05, 4.69) is 90.6 Å². The zero-order chi connectivity index (χ0) is 28.2. The summed E-state index contributed by atoms with van der Waals surface area (Å²) in [5.41, 5.74) is 5.71. The van der Waals surface area contributed by atoms with Crippen LogP contribution in [0, 0.1) is 30.1 Å². The Morgan fingerprint density at radius 2 is 1.78 bits per heavy atom. The second-order valence-corrected chi connectivity index (χ2v) is 9.36. The average Bonchev–Trinajstić information content (AvgIpc) is 2.94. The van der Waals surface area contributed by atoms with E-state index < -0.39 is 0 Å². The molecule has 0 heterocycles. The van der Waals surface area contributed by atoms with Crippen molar-refractivity contribution < 1.29 is 5.11 Å². The molecule has 2 nitrogen and oxygen atoms in total. The normalized spacial score (nSPS) is 15.1. The predicted octanol–water partition coefficient (Wildman–Crippen LogP) is 10.5. The first-order valence-electron chi connectivity index (χ1n) is 14.1. The Balaban J connectivity index is 0.000000548. The van der Waals surface area contributed by atoms with Gasteiger partial charge in [0.15, 0.2) is 0 Å². The summed E-state index contributed by atoms with van der Waals surface area (Å²) in [7, 11) is 0. The third kappa shape index (κ3) is 12.7. The highest BCUT2D eigenvalue weighted by Gasteiger charge is 2.17. The van der Waals surface area contributed by atoms with Crippen molar-refractivity contribution in [2.45, 2.75) is 93.4 Å². The molecule has 1 aliphatic carbocycles. The first kappa shape index (κ1) is 34.0. The molecule has 0 aromatic heterocycles. The summed E-state index contributed by atoms with van der Waals surface area (Å²) in [5, 5.41) is 18.5. The summed E-state index contributed by atoms with van der Waals surface area (Å²) in [5.74, 6) is 1.75. The Morgan fingerprint density at radius 3 is 2.22 bits per heavy atom. The Kier molecular flexibility index (Phi) is 18.4. The van der Waals surface area contributed by atoms with Crippen LogP contribution in [0.2, 0.25) is 0 Å². The number of phenolic OH excluding ortho intramolecular Hbond substituents is 1. The number of rotatable bonds is 7.